The summed E-state index contributed by atoms with van der Waals surface area (Å²) in [5.41, 5.74) is 0. The Morgan fingerprint density at radius 3 is 1.21 bits per heavy atom. The number of carbonyl (C=O) groups excluding carboxylic acids is 1. The van der Waals surface area contributed by atoms with Crippen molar-refractivity contribution in [3.63, 3.8) is 0 Å². The lowest BCUT2D eigenvalue weighted by molar-refractivity contribution is -0.459. The lowest BCUT2D eigenvalue weighted by Crippen LogP contribution is -2.75. The lowest BCUT2D eigenvalue weighted by Gasteiger charge is -2.42. The number of hydrogen-bond acceptors (Lipinski definition) is 2. The van der Waals surface area contributed by atoms with Crippen molar-refractivity contribution in [2.45, 2.75) is 67.0 Å². The fourth-order valence-electron chi connectivity index (χ4n) is 1.86. The second-order valence-electron chi connectivity index (χ2n) is 6.28. The molecule has 0 bridgehead atoms. The maximum Gasteiger partial charge on any atom is 0.460 e. The molecule has 0 radical (unpaired) electrons. The van der Waals surface area contributed by atoms with E-state index in [0.29, 0.717) is 5.32 Å². The van der Waals surface area contributed by atoms with Crippen molar-refractivity contribution in [1.29, 1.82) is 0 Å². The van der Waals surface area contributed by atoms with Gasteiger partial charge in [-0.05, 0) is 6.42 Å². The number of hydrogen-bond donors (Lipinski definition) is 2. The molecule has 0 aromatic heterocycles. The summed E-state index contributed by atoms with van der Waals surface area (Å²) < 4.78 is 222. The van der Waals surface area contributed by atoms with Crippen LogP contribution in [0.1, 0.15) is 13.3 Å². The van der Waals surface area contributed by atoms with E-state index < -0.39 is 72.6 Å². The molecular formula is C13H10F17NO2. The van der Waals surface area contributed by atoms with Crippen molar-refractivity contribution in [2.24, 2.45) is 0 Å². The summed E-state index contributed by atoms with van der Waals surface area (Å²) >= 11 is 0. The molecule has 0 spiro atoms. The molecule has 0 aliphatic carbocycles. The molecule has 0 fully saturated rings. The van der Waals surface area contributed by atoms with Crippen molar-refractivity contribution in [2.75, 3.05) is 6.61 Å². The van der Waals surface area contributed by atoms with Crippen LogP contribution < -0.4 is 5.32 Å². The zero-order chi connectivity index (χ0) is 27.3. The largest absolute Gasteiger partial charge is 0.460 e. The van der Waals surface area contributed by atoms with Gasteiger partial charge in [0.15, 0.2) is 0 Å². The summed E-state index contributed by atoms with van der Waals surface area (Å²) in [7, 11) is 0. The average Bonchev–Trinajstić information content (AvgIpc) is 2.63. The standard InChI is InChI=1S/C13H10F17NO2/c1-2-4(3-32)31-5(33)6(14,15)7(16,17)8(18,19)9(20,21)10(22,23)11(24,25)12(26,27)13(28,29)30/h4,32H,2-3H2,1H3,(H,31,33). The van der Waals surface area contributed by atoms with Gasteiger partial charge in [-0.3, -0.25) is 4.79 Å². The normalized spacial score (nSPS) is 16.6. The van der Waals surface area contributed by atoms with Crippen LogP contribution in [0, 0.1) is 0 Å². The highest BCUT2D eigenvalue weighted by Gasteiger charge is 2.95. The van der Waals surface area contributed by atoms with Crippen molar-refractivity contribution < 1.29 is 84.5 Å². The summed E-state index contributed by atoms with van der Waals surface area (Å²) in [6, 6.07) is -1.94. The third-order valence-electron chi connectivity index (χ3n) is 4.06. The number of amides is 1. The summed E-state index contributed by atoms with van der Waals surface area (Å²) in [6.07, 6.45) is -8.44. The van der Waals surface area contributed by atoms with E-state index in [0.717, 1.165) is 6.92 Å². The number of carbonyl (C=O) groups is 1. The molecule has 0 saturated heterocycles. The van der Waals surface area contributed by atoms with E-state index >= 15 is 0 Å². The average molecular weight is 535 g/mol. The Kier molecular flexibility index (Phi) is 8.02. The molecule has 3 nitrogen and oxygen atoms in total. The fourth-order valence-corrected chi connectivity index (χ4v) is 1.86. The van der Waals surface area contributed by atoms with Gasteiger partial charge in [-0.15, -0.1) is 0 Å². The van der Waals surface area contributed by atoms with E-state index in [1.165, 1.54) is 0 Å². The minimum Gasteiger partial charge on any atom is -0.394 e. The van der Waals surface area contributed by atoms with Crippen LogP contribution >= 0.6 is 0 Å². The molecule has 20 heteroatoms. The predicted molar refractivity (Wildman–Crippen MR) is 70.0 cm³/mol. The molecule has 1 unspecified atom stereocenters. The molecule has 0 aliphatic rings. The highest BCUT2D eigenvalue weighted by Crippen LogP contribution is 2.63. The number of rotatable bonds is 10. The van der Waals surface area contributed by atoms with Crippen LogP contribution in [0.3, 0.4) is 0 Å². The topological polar surface area (TPSA) is 49.3 Å². The van der Waals surface area contributed by atoms with E-state index in [4.69, 9.17) is 5.11 Å². The molecule has 198 valence electrons. The zero-order valence-corrected chi connectivity index (χ0v) is 15.3. The van der Waals surface area contributed by atoms with Gasteiger partial charge in [0, 0.05) is 0 Å². The maximum atomic E-state index is 13.5. The molecule has 0 heterocycles. The molecular weight excluding hydrogens is 525 g/mol. The first-order valence-corrected chi connectivity index (χ1v) is 7.80. The minimum atomic E-state index is -8.75. The second-order valence-corrected chi connectivity index (χ2v) is 6.28. The molecule has 0 aromatic rings. The number of nitrogens with one attached hydrogen (secondary N) is 1. The van der Waals surface area contributed by atoms with Crippen molar-refractivity contribution >= 4 is 5.91 Å². The van der Waals surface area contributed by atoms with Gasteiger partial charge in [-0.1, -0.05) is 6.92 Å². The Hall–Kier alpha value is -1.76. The number of alkyl halides is 17. The second kappa shape index (κ2) is 8.47. The van der Waals surface area contributed by atoms with E-state index in [-0.39, 0.29) is 0 Å². The van der Waals surface area contributed by atoms with Crippen molar-refractivity contribution in [1.82, 2.24) is 5.32 Å². The first kappa shape index (κ1) is 31.2. The number of aliphatic hydroxyl groups is 1. The fraction of sp³-hybridized carbons (Fsp3) is 0.923. The molecule has 2 N–H and O–H groups in total. The molecule has 1 atom stereocenters. The van der Waals surface area contributed by atoms with Crippen LogP contribution in [-0.2, 0) is 4.79 Å². The quantitative estimate of drug-likeness (QED) is 0.392. The van der Waals surface area contributed by atoms with Crippen LogP contribution in [0.5, 0.6) is 0 Å². The monoisotopic (exact) mass is 535 g/mol. The highest BCUT2D eigenvalue weighted by molar-refractivity contribution is 5.85. The van der Waals surface area contributed by atoms with E-state index in [1.807, 2.05) is 0 Å². The Balaban J connectivity index is 6.67. The Bertz CT molecular complexity index is 710. The van der Waals surface area contributed by atoms with Gasteiger partial charge in [-0.25, -0.2) is 0 Å². The van der Waals surface area contributed by atoms with Gasteiger partial charge in [0.05, 0.1) is 12.6 Å². The summed E-state index contributed by atoms with van der Waals surface area (Å²) in [4.78, 5) is 11.1. The van der Waals surface area contributed by atoms with E-state index in [1.54, 1.807) is 0 Å². The van der Waals surface area contributed by atoms with Gasteiger partial charge in [0.1, 0.15) is 0 Å². The van der Waals surface area contributed by atoms with Crippen LogP contribution in [0.2, 0.25) is 0 Å². The molecule has 0 saturated carbocycles. The number of halogens is 17. The third-order valence-corrected chi connectivity index (χ3v) is 4.06. The molecule has 33 heavy (non-hydrogen) atoms. The van der Waals surface area contributed by atoms with Crippen LogP contribution in [0.25, 0.3) is 0 Å². The third kappa shape index (κ3) is 4.26. The van der Waals surface area contributed by atoms with Gasteiger partial charge >= 0.3 is 47.6 Å². The van der Waals surface area contributed by atoms with Gasteiger partial charge < -0.3 is 10.4 Å². The van der Waals surface area contributed by atoms with Crippen LogP contribution in [0.4, 0.5) is 74.6 Å². The summed E-state index contributed by atoms with van der Waals surface area (Å²) in [5.74, 6) is -61.8. The molecule has 0 aromatic carbocycles. The molecule has 1 amide bonds. The highest BCUT2D eigenvalue weighted by atomic mass is 19.4. The van der Waals surface area contributed by atoms with Crippen molar-refractivity contribution in [3.05, 3.63) is 0 Å². The Morgan fingerprint density at radius 2 is 0.939 bits per heavy atom. The molecule has 0 rings (SSSR count). The number of aliphatic hydroxyl groups excluding tert-OH is 1. The van der Waals surface area contributed by atoms with Crippen LogP contribution in [-0.4, -0.2) is 71.3 Å². The van der Waals surface area contributed by atoms with Crippen molar-refractivity contribution in [3.8, 4) is 0 Å². The minimum absolute atomic E-state index is 0.604. The Morgan fingerprint density at radius 1 is 0.636 bits per heavy atom. The SMILES string of the molecule is CCC(CO)NC(=O)C(F)(F)C(F)(F)C(F)(F)C(F)(F)C(F)(F)C(F)(F)C(F)(F)C(F)(F)F. The first-order chi connectivity index (χ1) is 14.2. The van der Waals surface area contributed by atoms with E-state index in [2.05, 4.69) is 0 Å². The summed E-state index contributed by atoms with van der Waals surface area (Å²) in [5, 5.41) is 9.31. The van der Waals surface area contributed by atoms with Crippen LogP contribution in [0.15, 0.2) is 0 Å². The lowest BCUT2D eigenvalue weighted by atomic mass is 9.88. The zero-order valence-electron chi connectivity index (χ0n) is 15.3. The van der Waals surface area contributed by atoms with Gasteiger partial charge in [-0.2, -0.15) is 74.6 Å². The summed E-state index contributed by atoms with van der Waals surface area (Å²) in [6.45, 7) is -0.406. The smallest absolute Gasteiger partial charge is 0.394 e. The predicted octanol–water partition coefficient (Wildman–Crippen LogP) is 4.88. The van der Waals surface area contributed by atoms with E-state index in [9.17, 15) is 79.4 Å². The maximum absolute atomic E-state index is 13.5. The molecule has 0 aliphatic heterocycles. The first-order valence-electron chi connectivity index (χ1n) is 7.80. The van der Waals surface area contributed by atoms with Gasteiger partial charge in [0.25, 0.3) is 5.91 Å². The Labute approximate surface area is 170 Å². The van der Waals surface area contributed by atoms with Gasteiger partial charge in [0.2, 0.25) is 0 Å².